The topological polar surface area (TPSA) is 86.7 Å². The normalized spacial score (nSPS) is 15.4. The lowest BCUT2D eigenvalue weighted by Crippen LogP contribution is -2.56. The Balaban J connectivity index is 5.92. The van der Waals surface area contributed by atoms with Crippen molar-refractivity contribution in [1.82, 2.24) is 10.2 Å². The fourth-order valence-electron chi connectivity index (χ4n) is 3.98. The van der Waals surface area contributed by atoms with Crippen molar-refractivity contribution in [3.63, 3.8) is 0 Å². The van der Waals surface area contributed by atoms with Crippen LogP contribution >= 0.6 is 0 Å². The van der Waals surface area contributed by atoms with Crippen LogP contribution in [0, 0.1) is 17.3 Å². The number of rotatable bonds is 14. The lowest BCUT2D eigenvalue weighted by atomic mass is 9.76. The molecule has 6 heteroatoms. The van der Waals surface area contributed by atoms with Crippen LogP contribution in [0.1, 0.15) is 93.9 Å². The molecule has 0 aromatic carbocycles. The molecule has 0 rings (SSSR count). The number of likely N-dealkylation sites (N-methyl/N-ethyl adjacent to an activating group) is 1. The summed E-state index contributed by atoms with van der Waals surface area (Å²) in [6, 6.07) is -1.00. The Kier molecular flexibility index (Phi) is 12.7. The number of nitrogens with one attached hydrogen (secondary N) is 1. The van der Waals surface area contributed by atoms with E-state index in [1.165, 1.54) is 6.92 Å². The van der Waals surface area contributed by atoms with Crippen molar-refractivity contribution >= 4 is 17.8 Å². The van der Waals surface area contributed by atoms with Crippen LogP contribution in [0.5, 0.6) is 0 Å². The third kappa shape index (κ3) is 7.97. The molecule has 31 heavy (non-hydrogen) atoms. The van der Waals surface area contributed by atoms with E-state index in [1.807, 2.05) is 41.5 Å². The molecule has 180 valence electrons. The summed E-state index contributed by atoms with van der Waals surface area (Å²) in [4.78, 5) is 39.8. The van der Waals surface area contributed by atoms with Gasteiger partial charge >= 0.3 is 5.97 Å². The highest BCUT2D eigenvalue weighted by molar-refractivity contribution is 5.91. The number of nitrogens with zero attached hydrogens (tertiary/aromatic N) is 1. The molecule has 6 nitrogen and oxygen atoms in total. The minimum absolute atomic E-state index is 0.0335. The van der Waals surface area contributed by atoms with E-state index in [4.69, 9.17) is 0 Å². The van der Waals surface area contributed by atoms with E-state index < -0.39 is 17.4 Å². The first-order valence-corrected chi connectivity index (χ1v) is 11.9. The molecule has 0 saturated carbocycles. The third-order valence-electron chi connectivity index (χ3n) is 6.85. The Labute approximate surface area is 189 Å². The SMILES string of the molecule is CCCCC(CC)(CC)C(=O)N[C@H](C(=O)N(C)[C@H](/C=C(\C)C(=O)O)C(C)C)[C@@H](C)CC. The number of carbonyl (C=O) groups is 3. The Morgan fingerprint density at radius 1 is 1.06 bits per heavy atom. The van der Waals surface area contributed by atoms with Crippen LogP contribution in [0.15, 0.2) is 11.6 Å². The Morgan fingerprint density at radius 2 is 1.61 bits per heavy atom. The summed E-state index contributed by atoms with van der Waals surface area (Å²) < 4.78 is 0. The average Bonchev–Trinajstić information content (AvgIpc) is 2.74. The molecular weight excluding hydrogens is 392 g/mol. The largest absolute Gasteiger partial charge is 0.478 e. The summed E-state index contributed by atoms with van der Waals surface area (Å²) in [5.74, 6) is -1.21. The van der Waals surface area contributed by atoms with Gasteiger partial charge in [-0.1, -0.05) is 73.8 Å². The van der Waals surface area contributed by atoms with Crippen LogP contribution in [0.2, 0.25) is 0 Å². The zero-order valence-electron chi connectivity index (χ0n) is 21.2. The molecule has 0 unspecified atom stereocenters. The fraction of sp³-hybridized carbons (Fsp3) is 0.800. The van der Waals surface area contributed by atoms with Crippen molar-refractivity contribution in [2.75, 3.05) is 7.05 Å². The quantitative estimate of drug-likeness (QED) is 0.373. The third-order valence-corrected chi connectivity index (χ3v) is 6.85. The predicted molar refractivity (Wildman–Crippen MR) is 127 cm³/mol. The van der Waals surface area contributed by atoms with E-state index in [9.17, 15) is 19.5 Å². The van der Waals surface area contributed by atoms with Gasteiger partial charge in [-0.15, -0.1) is 0 Å². The van der Waals surface area contributed by atoms with Crippen molar-refractivity contribution in [3.05, 3.63) is 11.6 Å². The molecule has 0 saturated heterocycles. The number of hydrogen-bond acceptors (Lipinski definition) is 3. The summed E-state index contributed by atoms with van der Waals surface area (Å²) in [6.45, 7) is 15.6. The molecule has 0 aliphatic carbocycles. The molecule has 0 radical (unpaired) electrons. The van der Waals surface area contributed by atoms with Gasteiger partial charge in [0, 0.05) is 18.0 Å². The van der Waals surface area contributed by atoms with Crippen LogP contribution in [0.3, 0.4) is 0 Å². The van der Waals surface area contributed by atoms with Gasteiger partial charge < -0.3 is 15.3 Å². The first-order chi connectivity index (χ1) is 14.4. The van der Waals surface area contributed by atoms with E-state index in [0.29, 0.717) is 0 Å². The van der Waals surface area contributed by atoms with Crippen LogP contribution < -0.4 is 5.32 Å². The van der Waals surface area contributed by atoms with E-state index in [2.05, 4.69) is 12.2 Å². The maximum Gasteiger partial charge on any atom is 0.331 e. The van der Waals surface area contributed by atoms with Gasteiger partial charge in [-0.2, -0.15) is 0 Å². The maximum absolute atomic E-state index is 13.5. The second kappa shape index (κ2) is 13.5. The zero-order valence-corrected chi connectivity index (χ0v) is 21.2. The number of amides is 2. The van der Waals surface area contributed by atoms with Crippen LogP contribution in [0.25, 0.3) is 0 Å². The number of carboxylic acid groups (broad SMARTS) is 1. The molecule has 0 fully saturated rings. The summed E-state index contributed by atoms with van der Waals surface area (Å²) in [5.41, 5.74) is -0.254. The van der Waals surface area contributed by atoms with Crippen molar-refractivity contribution < 1.29 is 19.5 Å². The molecule has 2 N–H and O–H groups in total. The average molecular weight is 439 g/mol. The minimum atomic E-state index is -0.995. The number of hydrogen-bond donors (Lipinski definition) is 2. The van der Waals surface area contributed by atoms with Crippen molar-refractivity contribution in [2.45, 2.75) is 106 Å². The molecule has 0 aromatic rings. The minimum Gasteiger partial charge on any atom is -0.478 e. The van der Waals surface area contributed by atoms with Gasteiger partial charge in [0.1, 0.15) is 6.04 Å². The van der Waals surface area contributed by atoms with Gasteiger partial charge in [0.2, 0.25) is 11.8 Å². The standard InChI is InChI=1S/C25H46N2O4/c1-10-14-15-25(12-3,13-4)24(31)26-21(18(7)11-2)22(28)27(9)20(17(5)6)16-19(8)23(29)30/h16-18,20-21H,10-15H2,1-9H3,(H,26,31)(H,29,30)/b19-16+/t18-,20+,21-/m0/s1. The monoisotopic (exact) mass is 438 g/mol. The molecule has 0 heterocycles. The van der Waals surface area contributed by atoms with E-state index >= 15 is 0 Å². The lowest BCUT2D eigenvalue weighted by molar-refractivity contribution is -0.142. The lowest BCUT2D eigenvalue weighted by Gasteiger charge is -2.37. The first-order valence-electron chi connectivity index (χ1n) is 11.9. The summed E-state index contributed by atoms with van der Waals surface area (Å²) in [5, 5.41) is 12.4. The fourth-order valence-corrected chi connectivity index (χ4v) is 3.98. The van der Waals surface area contributed by atoms with Gasteiger partial charge in [0.05, 0.1) is 6.04 Å². The van der Waals surface area contributed by atoms with Crippen LogP contribution in [-0.4, -0.2) is 46.9 Å². The van der Waals surface area contributed by atoms with Crippen LogP contribution in [-0.2, 0) is 14.4 Å². The zero-order chi connectivity index (χ0) is 24.4. The predicted octanol–water partition coefficient (Wildman–Crippen LogP) is 5.03. The van der Waals surface area contributed by atoms with Crippen molar-refractivity contribution in [3.8, 4) is 0 Å². The number of carboxylic acids is 1. The molecule has 2 amide bonds. The molecule has 0 aliphatic rings. The molecule has 0 bridgehead atoms. The molecule has 3 atom stereocenters. The Morgan fingerprint density at radius 3 is 2.00 bits per heavy atom. The van der Waals surface area contributed by atoms with Gasteiger partial charge in [0.25, 0.3) is 0 Å². The second-order valence-corrected chi connectivity index (χ2v) is 9.27. The number of carbonyl (C=O) groups excluding carboxylic acids is 2. The smallest absolute Gasteiger partial charge is 0.331 e. The maximum atomic E-state index is 13.5. The van der Waals surface area contributed by atoms with Gasteiger partial charge in [-0.05, 0) is 38.0 Å². The Bertz CT molecular complexity index is 623. The van der Waals surface area contributed by atoms with E-state index in [-0.39, 0.29) is 35.3 Å². The van der Waals surface area contributed by atoms with Crippen molar-refractivity contribution in [2.24, 2.45) is 17.3 Å². The van der Waals surface area contributed by atoms with Gasteiger partial charge in [-0.25, -0.2) is 4.79 Å². The Hall–Kier alpha value is -1.85. The number of unbranched alkanes of at least 4 members (excludes halogenated alkanes) is 1. The van der Waals surface area contributed by atoms with E-state index in [0.717, 1.165) is 38.5 Å². The highest BCUT2D eigenvalue weighted by Crippen LogP contribution is 2.33. The second-order valence-electron chi connectivity index (χ2n) is 9.27. The highest BCUT2D eigenvalue weighted by atomic mass is 16.4. The highest BCUT2D eigenvalue weighted by Gasteiger charge is 2.39. The molecular formula is C25H46N2O4. The van der Waals surface area contributed by atoms with E-state index in [1.54, 1.807) is 18.0 Å². The number of aliphatic carboxylic acids is 1. The molecule has 0 aromatic heterocycles. The molecule has 0 spiro atoms. The van der Waals surface area contributed by atoms with Crippen LogP contribution in [0.4, 0.5) is 0 Å². The van der Waals surface area contributed by atoms with Gasteiger partial charge in [0.15, 0.2) is 0 Å². The summed E-state index contributed by atoms with van der Waals surface area (Å²) in [7, 11) is 1.70. The van der Waals surface area contributed by atoms with Gasteiger partial charge in [-0.3, -0.25) is 9.59 Å². The summed E-state index contributed by atoms with van der Waals surface area (Å²) >= 11 is 0. The first kappa shape index (κ1) is 29.1. The molecule has 0 aliphatic heterocycles. The summed E-state index contributed by atoms with van der Waals surface area (Å²) in [6.07, 6.45) is 6.67. The van der Waals surface area contributed by atoms with Crippen molar-refractivity contribution in [1.29, 1.82) is 0 Å².